The number of thiophene rings is 1. The van der Waals surface area contributed by atoms with Crippen molar-refractivity contribution in [3.8, 4) is 0 Å². The SMILES string of the molecule is CCn1c(=NC(=O)CS(=O)(=O)CC(=O)Nc2sc3c(c2C(=O)OC)CCCCC3)sc2ccccc21. The normalized spacial score (nSPS) is 14.3. The van der Waals surface area contributed by atoms with Crippen LogP contribution in [-0.4, -0.2) is 49.4 Å². The second kappa shape index (κ2) is 11.1. The van der Waals surface area contributed by atoms with Gasteiger partial charge in [0.1, 0.15) is 16.5 Å². The van der Waals surface area contributed by atoms with Gasteiger partial charge in [0.05, 0.1) is 22.9 Å². The van der Waals surface area contributed by atoms with Crippen molar-refractivity contribution in [1.82, 2.24) is 4.57 Å². The van der Waals surface area contributed by atoms with Gasteiger partial charge in [0.15, 0.2) is 14.6 Å². The second-order valence-electron chi connectivity index (χ2n) is 8.44. The number of aryl methyl sites for hydroxylation is 2. The molecular formula is C24H27N3O6S3. The Morgan fingerprint density at radius 1 is 1.08 bits per heavy atom. The topological polar surface area (TPSA) is 124 Å². The molecule has 2 amide bonds. The van der Waals surface area contributed by atoms with Gasteiger partial charge in [-0.2, -0.15) is 4.99 Å². The van der Waals surface area contributed by atoms with Crippen molar-refractivity contribution in [3.63, 3.8) is 0 Å². The van der Waals surface area contributed by atoms with E-state index in [1.54, 1.807) is 0 Å². The molecule has 0 fully saturated rings. The zero-order chi connectivity index (χ0) is 25.9. The molecule has 0 saturated heterocycles. The summed E-state index contributed by atoms with van der Waals surface area (Å²) in [6, 6.07) is 7.58. The van der Waals surface area contributed by atoms with Crippen molar-refractivity contribution in [2.24, 2.45) is 4.99 Å². The summed E-state index contributed by atoms with van der Waals surface area (Å²) in [5, 5.41) is 2.86. The number of benzene rings is 1. The minimum absolute atomic E-state index is 0.291. The number of anilines is 1. The monoisotopic (exact) mass is 549 g/mol. The fourth-order valence-corrected chi connectivity index (χ4v) is 7.72. The third-order valence-electron chi connectivity index (χ3n) is 5.88. The first-order valence-electron chi connectivity index (χ1n) is 11.6. The Morgan fingerprint density at radius 3 is 2.58 bits per heavy atom. The number of methoxy groups -OCH3 is 1. The van der Waals surface area contributed by atoms with Gasteiger partial charge in [-0.25, -0.2) is 13.2 Å². The average molecular weight is 550 g/mol. The molecule has 0 radical (unpaired) electrons. The number of carbonyl (C=O) groups is 3. The lowest BCUT2D eigenvalue weighted by Crippen LogP contribution is -2.28. The summed E-state index contributed by atoms with van der Waals surface area (Å²) in [4.78, 5) is 43.0. The largest absolute Gasteiger partial charge is 0.465 e. The fraction of sp³-hybridized carbons (Fsp3) is 0.417. The minimum atomic E-state index is -4.09. The Hall–Kier alpha value is -2.83. The molecule has 0 bridgehead atoms. The van der Waals surface area contributed by atoms with Gasteiger partial charge in [-0.15, -0.1) is 11.3 Å². The van der Waals surface area contributed by atoms with Gasteiger partial charge in [-0.1, -0.05) is 29.9 Å². The van der Waals surface area contributed by atoms with Crippen molar-refractivity contribution in [2.45, 2.75) is 45.6 Å². The van der Waals surface area contributed by atoms with Gasteiger partial charge in [-0.05, 0) is 50.3 Å². The molecule has 12 heteroatoms. The van der Waals surface area contributed by atoms with Crippen molar-refractivity contribution < 1.29 is 27.5 Å². The van der Waals surface area contributed by atoms with Crippen molar-refractivity contribution >= 4 is 65.5 Å². The standard InChI is InChI=1S/C24H27N3O6S3/c1-3-27-16-10-7-8-12-18(16)35-24(27)26-20(29)14-36(31,32)13-19(28)25-22-21(23(30)33-2)15-9-5-4-6-11-17(15)34-22/h7-8,10,12H,3-6,9,11,13-14H2,1-2H3,(H,25,28). The maximum Gasteiger partial charge on any atom is 0.341 e. The lowest BCUT2D eigenvalue weighted by atomic mass is 10.1. The van der Waals surface area contributed by atoms with E-state index in [0.717, 1.165) is 46.3 Å². The van der Waals surface area contributed by atoms with Crippen LogP contribution in [0.15, 0.2) is 29.3 Å². The fourth-order valence-electron chi connectivity index (χ4n) is 4.30. The van der Waals surface area contributed by atoms with Crippen LogP contribution in [0.1, 0.15) is 47.0 Å². The molecule has 9 nitrogen and oxygen atoms in total. The molecule has 1 aliphatic carbocycles. The summed E-state index contributed by atoms with van der Waals surface area (Å²) in [7, 11) is -2.82. The summed E-state index contributed by atoms with van der Waals surface area (Å²) >= 11 is 2.58. The number of sulfone groups is 1. The summed E-state index contributed by atoms with van der Waals surface area (Å²) in [6.45, 7) is 2.48. The number of para-hydroxylation sites is 1. The van der Waals surface area contributed by atoms with E-state index >= 15 is 0 Å². The number of hydrogen-bond donors (Lipinski definition) is 1. The van der Waals surface area contributed by atoms with Gasteiger partial charge in [0, 0.05) is 11.4 Å². The van der Waals surface area contributed by atoms with Gasteiger partial charge in [0.25, 0.3) is 5.91 Å². The zero-order valence-corrected chi connectivity index (χ0v) is 22.5. The first-order valence-corrected chi connectivity index (χ1v) is 15.1. The molecule has 1 aromatic carbocycles. The second-order valence-corrected chi connectivity index (χ2v) is 12.6. The number of rotatable bonds is 7. The molecule has 192 valence electrons. The van der Waals surface area contributed by atoms with Crippen LogP contribution in [0, 0.1) is 0 Å². The first-order chi connectivity index (χ1) is 17.2. The van der Waals surface area contributed by atoms with E-state index in [1.165, 1.54) is 29.8 Å². The summed E-state index contributed by atoms with van der Waals surface area (Å²) in [6.07, 6.45) is 4.47. The highest BCUT2D eigenvalue weighted by Crippen LogP contribution is 2.38. The Balaban J connectivity index is 1.49. The van der Waals surface area contributed by atoms with Crippen LogP contribution in [0.25, 0.3) is 10.2 Å². The van der Waals surface area contributed by atoms with Crippen LogP contribution in [-0.2, 0) is 43.5 Å². The highest BCUT2D eigenvalue weighted by Gasteiger charge is 2.28. The van der Waals surface area contributed by atoms with Crippen LogP contribution >= 0.6 is 22.7 Å². The predicted molar refractivity (Wildman–Crippen MR) is 140 cm³/mol. The Morgan fingerprint density at radius 2 is 1.83 bits per heavy atom. The molecule has 0 aliphatic heterocycles. The van der Waals surface area contributed by atoms with Crippen molar-refractivity contribution in [3.05, 3.63) is 45.1 Å². The van der Waals surface area contributed by atoms with Gasteiger partial charge in [-0.3, -0.25) is 9.59 Å². The number of fused-ring (bicyclic) bond motifs is 2. The summed E-state index contributed by atoms with van der Waals surface area (Å²) < 4.78 is 33.0. The highest BCUT2D eigenvalue weighted by atomic mass is 32.2. The molecule has 3 aromatic rings. The van der Waals surface area contributed by atoms with E-state index in [9.17, 15) is 22.8 Å². The third kappa shape index (κ3) is 5.76. The van der Waals surface area contributed by atoms with Crippen LogP contribution in [0.3, 0.4) is 0 Å². The molecule has 1 N–H and O–H groups in total. The van der Waals surface area contributed by atoms with E-state index < -0.39 is 39.1 Å². The number of nitrogens with zero attached hydrogens (tertiary/aromatic N) is 2. The molecule has 2 heterocycles. The molecule has 0 atom stereocenters. The number of carbonyl (C=O) groups excluding carboxylic acids is 3. The number of ether oxygens (including phenoxy) is 1. The smallest absolute Gasteiger partial charge is 0.341 e. The Kier molecular flexibility index (Phi) is 8.06. The third-order valence-corrected chi connectivity index (χ3v) is 9.54. The predicted octanol–water partition coefficient (Wildman–Crippen LogP) is 3.32. The Labute approximate surface area is 216 Å². The first kappa shape index (κ1) is 26.2. The maximum atomic E-state index is 12.6. The van der Waals surface area contributed by atoms with E-state index in [-0.39, 0.29) is 0 Å². The molecule has 4 rings (SSSR count). The Bertz CT molecular complexity index is 1500. The number of hydrogen-bond acceptors (Lipinski definition) is 8. The van der Waals surface area contributed by atoms with Crippen molar-refractivity contribution in [2.75, 3.05) is 23.9 Å². The van der Waals surface area contributed by atoms with Gasteiger partial charge >= 0.3 is 5.97 Å². The zero-order valence-electron chi connectivity index (χ0n) is 20.0. The van der Waals surface area contributed by atoms with Gasteiger partial charge < -0.3 is 14.6 Å². The van der Waals surface area contributed by atoms with Gasteiger partial charge in [0.2, 0.25) is 5.91 Å². The van der Waals surface area contributed by atoms with Crippen LogP contribution < -0.4 is 10.1 Å². The van der Waals surface area contributed by atoms with Crippen LogP contribution in [0.4, 0.5) is 5.00 Å². The minimum Gasteiger partial charge on any atom is -0.465 e. The molecule has 1 aliphatic rings. The lowest BCUT2D eigenvalue weighted by Gasteiger charge is -2.07. The summed E-state index contributed by atoms with van der Waals surface area (Å²) in [5.74, 6) is -3.99. The van der Waals surface area contributed by atoms with E-state index in [2.05, 4.69) is 10.3 Å². The van der Waals surface area contributed by atoms with Crippen LogP contribution in [0.5, 0.6) is 0 Å². The molecular weight excluding hydrogens is 522 g/mol. The molecule has 2 aromatic heterocycles. The average Bonchev–Trinajstić information content (AvgIpc) is 3.24. The number of amides is 2. The quantitative estimate of drug-likeness (QED) is 0.356. The maximum absolute atomic E-state index is 12.6. The molecule has 0 unspecified atom stereocenters. The number of nitrogens with one attached hydrogen (secondary N) is 1. The highest BCUT2D eigenvalue weighted by molar-refractivity contribution is 7.92. The number of esters is 1. The molecule has 0 saturated carbocycles. The number of thiazole rings is 1. The van der Waals surface area contributed by atoms with E-state index in [4.69, 9.17) is 4.74 Å². The summed E-state index contributed by atoms with van der Waals surface area (Å²) in [5.41, 5.74) is 2.07. The van der Waals surface area contributed by atoms with E-state index in [1.807, 2.05) is 35.8 Å². The van der Waals surface area contributed by atoms with Crippen LogP contribution in [0.2, 0.25) is 0 Å². The van der Waals surface area contributed by atoms with Crippen molar-refractivity contribution in [1.29, 1.82) is 0 Å². The molecule has 36 heavy (non-hydrogen) atoms. The van der Waals surface area contributed by atoms with E-state index in [0.29, 0.717) is 28.3 Å². The number of aromatic nitrogens is 1. The lowest BCUT2D eigenvalue weighted by molar-refractivity contribution is -0.115. The molecule has 0 spiro atoms.